The molecule has 160 valence electrons. The Labute approximate surface area is 177 Å². The molecule has 0 saturated carbocycles. The van der Waals surface area contributed by atoms with Crippen LogP contribution in [0.4, 0.5) is 0 Å². The molecule has 2 saturated heterocycles. The molecule has 30 heavy (non-hydrogen) atoms. The van der Waals surface area contributed by atoms with Crippen LogP contribution in [0, 0.1) is 0 Å². The molecular weight excluding hydrogens is 380 g/mol. The van der Waals surface area contributed by atoms with Crippen molar-refractivity contribution >= 4 is 11.8 Å². The SMILES string of the molecule is CN1[C@@H](CCC(=O)NCc2ccco2)CNC(=O)[C@@H]2[C@@H]1CCN2Cc1ccccc1. The number of likely N-dealkylation sites (tertiary alicyclic amines) is 1. The van der Waals surface area contributed by atoms with E-state index in [4.69, 9.17) is 4.42 Å². The number of nitrogens with one attached hydrogen (secondary N) is 2. The van der Waals surface area contributed by atoms with E-state index in [0.29, 0.717) is 25.9 Å². The number of hydrogen-bond donors (Lipinski definition) is 2. The van der Waals surface area contributed by atoms with Crippen molar-refractivity contribution in [2.75, 3.05) is 20.1 Å². The summed E-state index contributed by atoms with van der Waals surface area (Å²) in [4.78, 5) is 29.7. The van der Waals surface area contributed by atoms with Crippen molar-refractivity contribution in [2.24, 2.45) is 0 Å². The number of carbonyl (C=O) groups excluding carboxylic acids is 2. The first-order valence-electron chi connectivity index (χ1n) is 10.7. The van der Waals surface area contributed by atoms with Crippen LogP contribution in [0.1, 0.15) is 30.6 Å². The predicted octanol–water partition coefficient (Wildman–Crippen LogP) is 1.75. The number of benzene rings is 1. The van der Waals surface area contributed by atoms with E-state index in [9.17, 15) is 9.59 Å². The second-order valence-electron chi connectivity index (χ2n) is 8.22. The van der Waals surface area contributed by atoms with Crippen molar-refractivity contribution in [1.82, 2.24) is 20.4 Å². The fourth-order valence-corrected chi connectivity index (χ4v) is 4.63. The quantitative estimate of drug-likeness (QED) is 0.727. The van der Waals surface area contributed by atoms with Gasteiger partial charge in [-0.1, -0.05) is 30.3 Å². The van der Waals surface area contributed by atoms with Gasteiger partial charge in [0.1, 0.15) is 11.8 Å². The van der Waals surface area contributed by atoms with Gasteiger partial charge in [-0.15, -0.1) is 0 Å². The Hall–Kier alpha value is -2.64. The molecule has 2 aliphatic heterocycles. The summed E-state index contributed by atoms with van der Waals surface area (Å²) in [6.45, 7) is 2.66. The highest BCUT2D eigenvalue weighted by Gasteiger charge is 2.44. The summed E-state index contributed by atoms with van der Waals surface area (Å²) in [6, 6.07) is 14.1. The Morgan fingerprint density at radius 3 is 2.83 bits per heavy atom. The highest BCUT2D eigenvalue weighted by atomic mass is 16.3. The third-order valence-electron chi connectivity index (χ3n) is 6.32. The van der Waals surface area contributed by atoms with Crippen molar-refractivity contribution in [2.45, 2.75) is 50.5 Å². The van der Waals surface area contributed by atoms with E-state index < -0.39 is 0 Å². The number of rotatable bonds is 7. The van der Waals surface area contributed by atoms with E-state index in [1.54, 1.807) is 6.26 Å². The summed E-state index contributed by atoms with van der Waals surface area (Å²) in [5.74, 6) is 0.851. The standard InChI is InChI=1S/C23H30N4O3/c1-26-18(9-10-21(28)24-15-19-8-5-13-30-19)14-25-23(29)22-20(26)11-12-27(22)16-17-6-3-2-4-7-17/h2-8,13,18,20,22H,9-12,14-16H2,1H3,(H,24,28)(H,25,29)/t18-,20-,22-/m0/s1. The molecular formula is C23H30N4O3. The van der Waals surface area contributed by atoms with Gasteiger partial charge < -0.3 is 15.1 Å². The smallest absolute Gasteiger partial charge is 0.239 e. The number of nitrogens with zero attached hydrogens (tertiary/aromatic N) is 2. The van der Waals surface area contributed by atoms with Crippen molar-refractivity contribution in [1.29, 1.82) is 0 Å². The van der Waals surface area contributed by atoms with E-state index in [2.05, 4.69) is 39.6 Å². The second kappa shape index (κ2) is 9.45. The normalized spacial score (nSPS) is 24.8. The Morgan fingerprint density at radius 1 is 1.23 bits per heavy atom. The molecule has 3 atom stereocenters. The summed E-state index contributed by atoms with van der Waals surface area (Å²) in [5, 5.41) is 6.02. The molecule has 2 fully saturated rings. The van der Waals surface area contributed by atoms with Crippen LogP contribution in [0.5, 0.6) is 0 Å². The Morgan fingerprint density at radius 2 is 2.07 bits per heavy atom. The zero-order valence-corrected chi connectivity index (χ0v) is 17.4. The molecule has 2 aliphatic rings. The van der Waals surface area contributed by atoms with Crippen molar-refractivity contribution in [3.63, 3.8) is 0 Å². The van der Waals surface area contributed by atoms with Gasteiger partial charge in [0.05, 0.1) is 12.8 Å². The van der Waals surface area contributed by atoms with Crippen molar-refractivity contribution in [3.8, 4) is 0 Å². The fourth-order valence-electron chi connectivity index (χ4n) is 4.63. The van der Waals surface area contributed by atoms with E-state index >= 15 is 0 Å². The topological polar surface area (TPSA) is 77.8 Å². The minimum Gasteiger partial charge on any atom is -0.467 e. The number of likely N-dealkylation sites (N-methyl/N-ethyl adjacent to an activating group) is 1. The lowest BCUT2D eigenvalue weighted by atomic mass is 10.0. The van der Waals surface area contributed by atoms with Gasteiger partial charge in [-0.05, 0) is 37.6 Å². The first-order valence-corrected chi connectivity index (χ1v) is 10.7. The van der Waals surface area contributed by atoms with Crippen LogP contribution < -0.4 is 10.6 Å². The van der Waals surface area contributed by atoms with Crippen molar-refractivity contribution in [3.05, 3.63) is 60.1 Å². The number of carbonyl (C=O) groups is 2. The summed E-state index contributed by atoms with van der Waals surface area (Å²) >= 11 is 0. The molecule has 4 rings (SSSR count). The average molecular weight is 411 g/mol. The van der Waals surface area contributed by atoms with Gasteiger partial charge in [0, 0.05) is 38.1 Å². The number of fused-ring (bicyclic) bond motifs is 1. The van der Waals surface area contributed by atoms with Gasteiger partial charge >= 0.3 is 0 Å². The predicted molar refractivity (Wildman–Crippen MR) is 113 cm³/mol. The fraction of sp³-hybridized carbons (Fsp3) is 0.478. The molecule has 2 aromatic rings. The van der Waals surface area contributed by atoms with Gasteiger partial charge in [-0.2, -0.15) is 0 Å². The van der Waals surface area contributed by atoms with E-state index in [0.717, 1.165) is 25.3 Å². The molecule has 7 nitrogen and oxygen atoms in total. The first-order chi connectivity index (χ1) is 14.6. The van der Waals surface area contributed by atoms with Crippen molar-refractivity contribution < 1.29 is 14.0 Å². The third-order valence-corrected chi connectivity index (χ3v) is 6.32. The van der Waals surface area contributed by atoms with Crippen LogP contribution in [0.2, 0.25) is 0 Å². The van der Waals surface area contributed by atoms with Gasteiger partial charge in [0.15, 0.2) is 0 Å². The average Bonchev–Trinajstić information content (AvgIpc) is 3.40. The molecule has 1 aromatic heterocycles. The maximum atomic E-state index is 12.9. The monoisotopic (exact) mass is 410 g/mol. The van der Waals surface area contributed by atoms with Crippen LogP contribution >= 0.6 is 0 Å². The number of hydrogen-bond acceptors (Lipinski definition) is 5. The Bertz CT molecular complexity index is 839. The molecule has 0 unspecified atom stereocenters. The minimum atomic E-state index is -0.145. The van der Waals surface area contributed by atoms with Crippen LogP contribution in [0.25, 0.3) is 0 Å². The lowest BCUT2D eigenvalue weighted by Gasteiger charge is -2.33. The van der Waals surface area contributed by atoms with E-state index in [-0.39, 0.29) is 29.9 Å². The highest BCUT2D eigenvalue weighted by molar-refractivity contribution is 5.83. The number of amides is 2. The van der Waals surface area contributed by atoms with Crippen LogP contribution in [-0.4, -0.2) is 59.9 Å². The zero-order valence-electron chi connectivity index (χ0n) is 17.4. The molecule has 7 heteroatoms. The molecule has 3 heterocycles. The number of furan rings is 1. The largest absolute Gasteiger partial charge is 0.467 e. The highest BCUT2D eigenvalue weighted by Crippen LogP contribution is 2.28. The molecule has 2 amide bonds. The summed E-state index contributed by atoms with van der Waals surface area (Å²) in [7, 11) is 2.09. The summed E-state index contributed by atoms with van der Waals surface area (Å²) in [6.07, 6.45) is 3.70. The molecule has 1 aromatic carbocycles. The van der Waals surface area contributed by atoms with E-state index in [1.807, 2.05) is 30.3 Å². The van der Waals surface area contributed by atoms with Gasteiger partial charge in [-0.25, -0.2) is 0 Å². The first kappa shape index (κ1) is 20.6. The summed E-state index contributed by atoms with van der Waals surface area (Å²) < 4.78 is 5.25. The van der Waals surface area contributed by atoms with Crippen LogP contribution in [0.3, 0.4) is 0 Å². The Kier molecular flexibility index (Phi) is 6.50. The lowest BCUT2D eigenvalue weighted by Crippen LogP contribution is -2.49. The molecule has 0 radical (unpaired) electrons. The minimum absolute atomic E-state index is 0.00375. The maximum absolute atomic E-state index is 12.9. The van der Waals surface area contributed by atoms with Gasteiger partial charge in [0.2, 0.25) is 11.8 Å². The zero-order chi connectivity index (χ0) is 20.9. The molecule has 0 bridgehead atoms. The molecule has 2 N–H and O–H groups in total. The second-order valence-corrected chi connectivity index (χ2v) is 8.22. The lowest BCUT2D eigenvalue weighted by molar-refractivity contribution is -0.126. The maximum Gasteiger partial charge on any atom is 0.239 e. The van der Waals surface area contributed by atoms with Crippen LogP contribution in [0.15, 0.2) is 53.1 Å². The molecule has 0 aliphatic carbocycles. The van der Waals surface area contributed by atoms with Gasteiger partial charge in [0.25, 0.3) is 0 Å². The molecule has 0 spiro atoms. The third kappa shape index (κ3) is 4.74. The van der Waals surface area contributed by atoms with Gasteiger partial charge in [-0.3, -0.25) is 19.4 Å². The van der Waals surface area contributed by atoms with E-state index in [1.165, 1.54) is 5.56 Å². The summed E-state index contributed by atoms with van der Waals surface area (Å²) in [5.41, 5.74) is 1.22. The Balaban J connectivity index is 1.33. The van der Waals surface area contributed by atoms with Crippen LogP contribution in [-0.2, 0) is 22.7 Å².